The Morgan fingerprint density at radius 2 is 2.06 bits per heavy atom. The van der Waals surface area contributed by atoms with E-state index in [0.717, 1.165) is 18.4 Å². The summed E-state index contributed by atoms with van der Waals surface area (Å²) in [5.74, 6) is -0.783. The van der Waals surface area contributed by atoms with Gasteiger partial charge in [-0.15, -0.1) is 0 Å². The van der Waals surface area contributed by atoms with Crippen molar-refractivity contribution in [3.8, 4) is 0 Å². The molecule has 1 aromatic rings. The number of amides is 1. The van der Waals surface area contributed by atoms with E-state index < -0.39 is 5.82 Å². The van der Waals surface area contributed by atoms with Crippen LogP contribution in [0.2, 0.25) is 0 Å². The molecule has 0 bridgehead atoms. The molecule has 3 heteroatoms. The predicted octanol–water partition coefficient (Wildman–Crippen LogP) is 2.58. The van der Waals surface area contributed by atoms with Gasteiger partial charge in [0, 0.05) is 6.04 Å². The number of rotatable bonds is 2. The van der Waals surface area contributed by atoms with Crippen LogP contribution < -0.4 is 5.32 Å². The van der Waals surface area contributed by atoms with E-state index in [1.807, 2.05) is 12.2 Å². The van der Waals surface area contributed by atoms with Crippen LogP contribution in [0.5, 0.6) is 0 Å². The van der Waals surface area contributed by atoms with E-state index in [0.29, 0.717) is 0 Å². The molecule has 0 aliphatic heterocycles. The molecule has 0 heterocycles. The second kappa shape index (κ2) is 4.47. The number of halogens is 1. The average molecular weight is 219 g/mol. The van der Waals surface area contributed by atoms with E-state index >= 15 is 0 Å². The molecule has 0 saturated heterocycles. The number of aryl methyl sites for hydroxylation is 1. The van der Waals surface area contributed by atoms with Crippen molar-refractivity contribution in [2.75, 3.05) is 0 Å². The van der Waals surface area contributed by atoms with Crippen LogP contribution in [0.25, 0.3) is 0 Å². The zero-order chi connectivity index (χ0) is 11.5. The topological polar surface area (TPSA) is 29.1 Å². The van der Waals surface area contributed by atoms with Crippen molar-refractivity contribution < 1.29 is 9.18 Å². The molecule has 0 aromatic heterocycles. The van der Waals surface area contributed by atoms with Crippen LogP contribution in [-0.4, -0.2) is 11.9 Å². The van der Waals surface area contributed by atoms with E-state index in [1.165, 1.54) is 12.1 Å². The summed E-state index contributed by atoms with van der Waals surface area (Å²) >= 11 is 0. The maximum atomic E-state index is 13.5. The number of carbonyl (C=O) groups is 1. The van der Waals surface area contributed by atoms with Gasteiger partial charge in [-0.3, -0.25) is 4.79 Å². The van der Waals surface area contributed by atoms with Crippen LogP contribution in [0, 0.1) is 12.7 Å². The summed E-state index contributed by atoms with van der Waals surface area (Å²) < 4.78 is 13.5. The summed E-state index contributed by atoms with van der Waals surface area (Å²) in [5.41, 5.74) is 0.939. The molecule has 0 saturated carbocycles. The highest BCUT2D eigenvalue weighted by Crippen LogP contribution is 2.13. The van der Waals surface area contributed by atoms with Crippen molar-refractivity contribution in [1.29, 1.82) is 0 Å². The largest absolute Gasteiger partial charge is 0.349 e. The minimum atomic E-state index is -0.455. The first-order valence-corrected chi connectivity index (χ1v) is 5.39. The van der Waals surface area contributed by atoms with Gasteiger partial charge < -0.3 is 5.32 Å². The first kappa shape index (κ1) is 10.9. The number of hydrogen-bond donors (Lipinski definition) is 1. The monoisotopic (exact) mass is 219 g/mol. The molecule has 2 rings (SSSR count). The van der Waals surface area contributed by atoms with E-state index in [4.69, 9.17) is 0 Å². The fourth-order valence-electron chi connectivity index (χ4n) is 1.80. The van der Waals surface area contributed by atoms with Crippen molar-refractivity contribution >= 4 is 5.91 Å². The third-order valence-corrected chi connectivity index (χ3v) is 2.71. The van der Waals surface area contributed by atoms with Crippen molar-refractivity contribution in [3.05, 3.63) is 47.3 Å². The molecule has 1 aromatic carbocycles. The Bertz CT molecular complexity index is 432. The van der Waals surface area contributed by atoms with Gasteiger partial charge in [0.2, 0.25) is 0 Å². The van der Waals surface area contributed by atoms with Crippen molar-refractivity contribution in [1.82, 2.24) is 5.32 Å². The molecular formula is C13H14FNO. The fraction of sp³-hybridized carbons (Fsp3) is 0.308. The molecule has 0 unspecified atom stereocenters. The maximum Gasteiger partial charge on any atom is 0.254 e. The van der Waals surface area contributed by atoms with Gasteiger partial charge in [0.05, 0.1) is 5.56 Å². The number of nitrogens with one attached hydrogen (secondary N) is 1. The van der Waals surface area contributed by atoms with E-state index in [2.05, 4.69) is 5.32 Å². The molecule has 1 aliphatic rings. The molecule has 16 heavy (non-hydrogen) atoms. The van der Waals surface area contributed by atoms with Gasteiger partial charge in [0.25, 0.3) is 5.91 Å². The minimum absolute atomic E-state index is 0.119. The SMILES string of the molecule is Cc1ccc(C(=O)NC2CC=CC2)c(F)c1. The molecule has 2 nitrogen and oxygen atoms in total. The molecule has 84 valence electrons. The minimum Gasteiger partial charge on any atom is -0.349 e. The Kier molecular flexibility index (Phi) is 3.04. The third kappa shape index (κ3) is 2.30. The van der Waals surface area contributed by atoms with Gasteiger partial charge in [-0.1, -0.05) is 18.2 Å². The van der Waals surface area contributed by atoms with Crippen LogP contribution >= 0.6 is 0 Å². The van der Waals surface area contributed by atoms with E-state index in [9.17, 15) is 9.18 Å². The second-order valence-electron chi connectivity index (χ2n) is 4.10. The Morgan fingerprint density at radius 3 is 2.69 bits per heavy atom. The van der Waals surface area contributed by atoms with Crippen LogP contribution in [0.4, 0.5) is 4.39 Å². The molecule has 1 amide bonds. The maximum absolute atomic E-state index is 13.5. The highest BCUT2D eigenvalue weighted by atomic mass is 19.1. The predicted molar refractivity (Wildman–Crippen MR) is 60.8 cm³/mol. The van der Waals surface area contributed by atoms with Gasteiger partial charge in [-0.05, 0) is 37.5 Å². The summed E-state index contributed by atoms with van der Waals surface area (Å²) in [7, 11) is 0. The zero-order valence-corrected chi connectivity index (χ0v) is 9.16. The highest BCUT2D eigenvalue weighted by Gasteiger charge is 2.17. The number of hydrogen-bond acceptors (Lipinski definition) is 1. The third-order valence-electron chi connectivity index (χ3n) is 2.71. The second-order valence-corrected chi connectivity index (χ2v) is 4.10. The zero-order valence-electron chi connectivity index (χ0n) is 9.16. The van der Waals surface area contributed by atoms with Crippen molar-refractivity contribution in [2.24, 2.45) is 0 Å². The lowest BCUT2D eigenvalue weighted by Crippen LogP contribution is -2.33. The fourth-order valence-corrected chi connectivity index (χ4v) is 1.80. The first-order valence-electron chi connectivity index (χ1n) is 5.39. The summed E-state index contributed by atoms with van der Waals surface area (Å²) in [4.78, 5) is 11.8. The Balaban J connectivity index is 2.08. The Hall–Kier alpha value is -1.64. The highest BCUT2D eigenvalue weighted by molar-refractivity contribution is 5.94. The standard InChI is InChI=1S/C13H14FNO/c1-9-6-7-11(12(14)8-9)13(16)15-10-4-2-3-5-10/h2-3,6-8,10H,4-5H2,1H3,(H,15,16). The number of benzene rings is 1. The quantitative estimate of drug-likeness (QED) is 0.761. The van der Waals surface area contributed by atoms with Gasteiger partial charge in [-0.2, -0.15) is 0 Å². The first-order chi connectivity index (χ1) is 7.66. The molecule has 0 spiro atoms. The summed E-state index contributed by atoms with van der Waals surface area (Å²) in [5, 5.41) is 2.81. The molecule has 0 radical (unpaired) electrons. The summed E-state index contributed by atoms with van der Waals surface area (Å²) in [6, 6.07) is 4.77. The lowest BCUT2D eigenvalue weighted by Gasteiger charge is -2.12. The molecular weight excluding hydrogens is 205 g/mol. The van der Waals surface area contributed by atoms with Gasteiger partial charge in [0.1, 0.15) is 5.82 Å². The van der Waals surface area contributed by atoms with Crippen LogP contribution in [0.3, 0.4) is 0 Å². The lowest BCUT2D eigenvalue weighted by atomic mass is 10.1. The molecule has 0 fully saturated rings. The summed E-state index contributed by atoms with van der Waals surface area (Å²) in [6.45, 7) is 1.80. The smallest absolute Gasteiger partial charge is 0.254 e. The normalized spacial score (nSPS) is 15.4. The average Bonchev–Trinajstić information content (AvgIpc) is 2.70. The van der Waals surface area contributed by atoms with Gasteiger partial charge >= 0.3 is 0 Å². The van der Waals surface area contributed by atoms with Crippen LogP contribution in [-0.2, 0) is 0 Å². The summed E-state index contributed by atoms with van der Waals surface area (Å²) in [6.07, 6.45) is 5.71. The van der Waals surface area contributed by atoms with E-state index in [-0.39, 0.29) is 17.5 Å². The van der Waals surface area contributed by atoms with Crippen LogP contribution in [0.1, 0.15) is 28.8 Å². The lowest BCUT2D eigenvalue weighted by molar-refractivity contribution is 0.0935. The van der Waals surface area contributed by atoms with Crippen LogP contribution in [0.15, 0.2) is 30.4 Å². The van der Waals surface area contributed by atoms with Crippen molar-refractivity contribution in [2.45, 2.75) is 25.8 Å². The van der Waals surface area contributed by atoms with Gasteiger partial charge in [0.15, 0.2) is 0 Å². The Morgan fingerprint density at radius 1 is 1.38 bits per heavy atom. The molecule has 1 aliphatic carbocycles. The molecule has 1 N–H and O–H groups in total. The van der Waals surface area contributed by atoms with Gasteiger partial charge in [-0.25, -0.2) is 4.39 Å². The number of carbonyl (C=O) groups excluding carboxylic acids is 1. The van der Waals surface area contributed by atoms with E-state index in [1.54, 1.807) is 13.0 Å². The van der Waals surface area contributed by atoms with Crippen molar-refractivity contribution in [3.63, 3.8) is 0 Å². The molecule has 0 atom stereocenters. The Labute approximate surface area is 94.2 Å².